The summed E-state index contributed by atoms with van der Waals surface area (Å²) in [6.45, 7) is 10.4. The van der Waals surface area contributed by atoms with Gasteiger partial charge in [-0.3, -0.25) is 9.36 Å². The number of unbranched alkanes of at least 4 members (excludes halogenated alkanes) is 1. The average molecular weight is 465 g/mol. The Bertz CT molecular complexity index is 1040. The number of nitrogens with one attached hydrogen (secondary N) is 1. The lowest BCUT2D eigenvalue weighted by molar-refractivity contribution is -0.126. The van der Waals surface area contributed by atoms with E-state index >= 15 is 0 Å². The van der Waals surface area contributed by atoms with E-state index in [-0.39, 0.29) is 17.9 Å². The molecule has 0 bridgehead atoms. The van der Waals surface area contributed by atoms with E-state index in [0.717, 1.165) is 48.1 Å². The van der Waals surface area contributed by atoms with Crippen LogP contribution in [0.4, 0.5) is 0 Å². The molecule has 5 nitrogen and oxygen atoms in total. The molecular weight excluding hydrogens is 428 g/mol. The lowest BCUT2D eigenvalue weighted by Crippen LogP contribution is -2.33. The van der Waals surface area contributed by atoms with Gasteiger partial charge in [0.15, 0.2) is 11.0 Å². The topological polar surface area (TPSA) is 59.8 Å². The summed E-state index contributed by atoms with van der Waals surface area (Å²) in [6, 6.07) is 16.6. The van der Waals surface area contributed by atoms with Crippen LogP contribution in [0.15, 0.2) is 53.7 Å². The molecule has 1 N–H and O–H groups in total. The summed E-state index contributed by atoms with van der Waals surface area (Å²) in [5.74, 6) is 1.70. The molecule has 0 saturated heterocycles. The number of carbonyl (C=O) groups excluding carboxylic acids is 1. The summed E-state index contributed by atoms with van der Waals surface area (Å²) >= 11 is 1.66. The molecule has 0 saturated carbocycles. The third kappa shape index (κ3) is 6.70. The van der Waals surface area contributed by atoms with Gasteiger partial charge in [-0.1, -0.05) is 86.0 Å². The molecule has 2 aromatic carbocycles. The molecule has 0 aliphatic heterocycles. The highest BCUT2D eigenvalue weighted by atomic mass is 32.2. The number of hydrogen-bond donors (Lipinski definition) is 1. The second kappa shape index (κ2) is 12.0. The maximum Gasteiger partial charge on any atom is 0.223 e. The fourth-order valence-electron chi connectivity index (χ4n) is 3.91. The molecule has 1 amide bonds. The van der Waals surface area contributed by atoms with E-state index in [1.54, 1.807) is 11.8 Å². The van der Waals surface area contributed by atoms with E-state index in [9.17, 15) is 4.79 Å². The van der Waals surface area contributed by atoms with Crippen LogP contribution in [0.5, 0.6) is 0 Å². The lowest BCUT2D eigenvalue weighted by Gasteiger charge is -2.20. The molecule has 2 unspecified atom stereocenters. The quantitative estimate of drug-likeness (QED) is 0.326. The summed E-state index contributed by atoms with van der Waals surface area (Å²) in [5, 5.41) is 13.1. The first-order valence-electron chi connectivity index (χ1n) is 11.9. The fraction of sp³-hybridized carbons (Fsp3) is 0.444. The molecule has 0 radical (unpaired) electrons. The van der Waals surface area contributed by atoms with Crippen molar-refractivity contribution in [2.75, 3.05) is 0 Å². The van der Waals surface area contributed by atoms with Crippen LogP contribution in [-0.2, 0) is 10.5 Å². The fourth-order valence-corrected chi connectivity index (χ4v) is 4.81. The summed E-state index contributed by atoms with van der Waals surface area (Å²) in [5.41, 5.74) is 4.71. The van der Waals surface area contributed by atoms with E-state index in [2.05, 4.69) is 96.3 Å². The number of rotatable bonds is 11. The summed E-state index contributed by atoms with van der Waals surface area (Å²) < 4.78 is 2.08. The molecule has 0 aliphatic carbocycles. The van der Waals surface area contributed by atoms with Gasteiger partial charge in [0, 0.05) is 17.4 Å². The molecule has 6 heteroatoms. The summed E-state index contributed by atoms with van der Waals surface area (Å²) in [6.07, 6.45) is 3.94. The molecule has 0 fully saturated rings. The first-order valence-corrected chi connectivity index (χ1v) is 12.9. The van der Waals surface area contributed by atoms with Gasteiger partial charge in [-0.25, -0.2) is 0 Å². The molecule has 0 aliphatic rings. The Hall–Kier alpha value is -2.60. The average Bonchev–Trinajstić information content (AvgIpc) is 3.23. The highest BCUT2D eigenvalue weighted by Gasteiger charge is 2.24. The number of aryl methyl sites for hydroxylation is 2. The normalized spacial score (nSPS) is 13.0. The maximum atomic E-state index is 12.9. The van der Waals surface area contributed by atoms with Crippen molar-refractivity contribution < 1.29 is 4.79 Å². The van der Waals surface area contributed by atoms with Gasteiger partial charge in [0.1, 0.15) is 0 Å². The number of aromatic nitrogens is 3. The van der Waals surface area contributed by atoms with Crippen LogP contribution in [-0.4, -0.2) is 20.7 Å². The van der Waals surface area contributed by atoms with E-state index in [0.29, 0.717) is 0 Å². The smallest absolute Gasteiger partial charge is 0.223 e. The standard InChI is InChI=1S/C27H36N4OS/c1-6-8-12-23(7-2)26(32)28-21(5)25-29-30-27(31(25)24-15-13-19(3)14-16-24)33-18-22-11-9-10-20(4)17-22/h9-11,13-17,21,23H,6-8,12,18H2,1-5H3,(H,28,32). The van der Waals surface area contributed by atoms with Crippen molar-refractivity contribution in [1.82, 2.24) is 20.1 Å². The predicted octanol–water partition coefficient (Wildman–Crippen LogP) is 6.57. The largest absolute Gasteiger partial charge is 0.346 e. The van der Waals surface area contributed by atoms with Gasteiger partial charge < -0.3 is 5.32 Å². The van der Waals surface area contributed by atoms with Gasteiger partial charge in [0.05, 0.1) is 6.04 Å². The third-order valence-electron chi connectivity index (χ3n) is 5.92. The molecule has 3 rings (SSSR count). The van der Waals surface area contributed by atoms with E-state index in [1.807, 2.05) is 6.92 Å². The Morgan fingerprint density at radius 3 is 2.48 bits per heavy atom. The minimum Gasteiger partial charge on any atom is -0.346 e. The highest BCUT2D eigenvalue weighted by molar-refractivity contribution is 7.98. The van der Waals surface area contributed by atoms with Crippen molar-refractivity contribution in [2.24, 2.45) is 5.92 Å². The second-order valence-corrected chi connectivity index (χ2v) is 9.71. The van der Waals surface area contributed by atoms with E-state index < -0.39 is 0 Å². The SMILES string of the molecule is CCCCC(CC)C(=O)NC(C)c1nnc(SCc2cccc(C)c2)n1-c1ccc(C)cc1. The number of benzene rings is 2. The van der Waals surface area contributed by atoms with Gasteiger partial charge >= 0.3 is 0 Å². The van der Waals surface area contributed by atoms with Crippen molar-refractivity contribution in [3.63, 3.8) is 0 Å². The predicted molar refractivity (Wildman–Crippen MR) is 137 cm³/mol. The molecule has 1 aromatic heterocycles. The molecule has 33 heavy (non-hydrogen) atoms. The van der Waals surface area contributed by atoms with Crippen molar-refractivity contribution in [3.05, 3.63) is 71.0 Å². The number of nitrogens with zero attached hydrogens (tertiary/aromatic N) is 3. The highest BCUT2D eigenvalue weighted by Crippen LogP contribution is 2.28. The minimum atomic E-state index is -0.240. The monoisotopic (exact) mass is 464 g/mol. The molecule has 1 heterocycles. The summed E-state index contributed by atoms with van der Waals surface area (Å²) in [4.78, 5) is 12.9. The van der Waals surface area contributed by atoms with Crippen molar-refractivity contribution in [1.29, 1.82) is 0 Å². The van der Waals surface area contributed by atoms with Crippen LogP contribution in [0.2, 0.25) is 0 Å². The van der Waals surface area contributed by atoms with Gasteiger partial charge in [-0.05, 0) is 51.3 Å². The Balaban J connectivity index is 1.86. The van der Waals surface area contributed by atoms with Gasteiger partial charge in [-0.15, -0.1) is 10.2 Å². The Morgan fingerprint density at radius 2 is 1.82 bits per heavy atom. The number of carbonyl (C=O) groups is 1. The first-order chi connectivity index (χ1) is 15.9. The number of hydrogen-bond acceptors (Lipinski definition) is 4. The van der Waals surface area contributed by atoms with Crippen LogP contribution in [0.25, 0.3) is 5.69 Å². The first kappa shape index (κ1) is 25.0. The van der Waals surface area contributed by atoms with Gasteiger partial charge in [-0.2, -0.15) is 0 Å². The van der Waals surface area contributed by atoms with Crippen molar-refractivity contribution in [2.45, 2.75) is 77.3 Å². The number of amides is 1. The maximum absolute atomic E-state index is 12.9. The van der Waals surface area contributed by atoms with Crippen LogP contribution < -0.4 is 5.32 Å². The van der Waals surface area contributed by atoms with Crippen LogP contribution in [0, 0.1) is 19.8 Å². The minimum absolute atomic E-state index is 0.0401. The Morgan fingerprint density at radius 1 is 1.06 bits per heavy atom. The zero-order valence-electron chi connectivity index (χ0n) is 20.5. The van der Waals surface area contributed by atoms with Crippen molar-refractivity contribution in [3.8, 4) is 5.69 Å². The molecule has 3 aromatic rings. The third-order valence-corrected chi connectivity index (χ3v) is 6.92. The Kier molecular flexibility index (Phi) is 9.12. The number of thioether (sulfide) groups is 1. The van der Waals surface area contributed by atoms with Crippen molar-refractivity contribution >= 4 is 17.7 Å². The molecule has 176 valence electrons. The van der Waals surface area contributed by atoms with Gasteiger partial charge in [0.2, 0.25) is 5.91 Å². The molecular formula is C27H36N4OS. The second-order valence-electron chi connectivity index (χ2n) is 8.77. The molecule has 2 atom stereocenters. The van der Waals surface area contributed by atoms with E-state index in [1.165, 1.54) is 16.7 Å². The zero-order valence-corrected chi connectivity index (χ0v) is 21.3. The Labute approximate surface area is 202 Å². The zero-order chi connectivity index (χ0) is 23.8. The molecule has 0 spiro atoms. The van der Waals surface area contributed by atoms with Crippen LogP contribution in [0.1, 0.15) is 75.0 Å². The summed E-state index contributed by atoms with van der Waals surface area (Å²) in [7, 11) is 0. The lowest BCUT2D eigenvalue weighted by atomic mass is 9.98. The van der Waals surface area contributed by atoms with Crippen LogP contribution in [0.3, 0.4) is 0 Å². The van der Waals surface area contributed by atoms with E-state index in [4.69, 9.17) is 0 Å². The van der Waals surface area contributed by atoms with Crippen LogP contribution >= 0.6 is 11.8 Å². The van der Waals surface area contributed by atoms with Gasteiger partial charge in [0.25, 0.3) is 0 Å².